The quantitative estimate of drug-likeness (QED) is 0.781. The van der Waals surface area contributed by atoms with Crippen molar-refractivity contribution in [3.8, 4) is 0 Å². The molecule has 2 aromatic carbocycles. The van der Waals surface area contributed by atoms with Gasteiger partial charge in [-0.1, -0.05) is 12.1 Å². The van der Waals surface area contributed by atoms with Crippen molar-refractivity contribution in [3.63, 3.8) is 0 Å². The van der Waals surface area contributed by atoms with E-state index in [2.05, 4.69) is 9.80 Å². The minimum Gasteiger partial charge on any atom is -0.378 e. The largest absolute Gasteiger partial charge is 0.378 e. The van der Waals surface area contributed by atoms with Crippen LogP contribution in [0.5, 0.6) is 0 Å². The molecule has 0 aromatic heterocycles. The number of carbonyl (C=O) groups is 2. The standard InChI is InChI=1S/C21H21N3O3/c25-20-18-3-1-2-4-19(18)21(26)24(20)16-7-5-15(6-8-16)22-9-11-23(12-10-22)17-13-27-14-17/h1-8,17H,9-14H2. The Morgan fingerprint density at radius 2 is 1.30 bits per heavy atom. The number of amides is 2. The van der Waals surface area contributed by atoms with E-state index in [-0.39, 0.29) is 11.8 Å². The molecule has 3 aliphatic heterocycles. The van der Waals surface area contributed by atoms with Gasteiger partial charge in [0, 0.05) is 31.9 Å². The van der Waals surface area contributed by atoms with Crippen molar-refractivity contribution in [1.29, 1.82) is 0 Å². The Kier molecular flexibility index (Phi) is 3.95. The van der Waals surface area contributed by atoms with Crippen LogP contribution in [0.15, 0.2) is 48.5 Å². The fourth-order valence-corrected chi connectivity index (χ4v) is 4.02. The molecular weight excluding hydrogens is 342 g/mol. The van der Waals surface area contributed by atoms with Crippen molar-refractivity contribution in [2.45, 2.75) is 6.04 Å². The van der Waals surface area contributed by atoms with E-state index in [0.29, 0.717) is 22.9 Å². The van der Waals surface area contributed by atoms with Gasteiger partial charge in [-0.25, -0.2) is 4.90 Å². The first-order valence-electron chi connectivity index (χ1n) is 9.37. The maximum Gasteiger partial charge on any atom is 0.266 e. The van der Waals surface area contributed by atoms with Crippen LogP contribution in [0.25, 0.3) is 0 Å². The zero-order chi connectivity index (χ0) is 18.4. The third-order valence-electron chi connectivity index (χ3n) is 5.72. The van der Waals surface area contributed by atoms with E-state index in [1.165, 1.54) is 4.90 Å². The van der Waals surface area contributed by atoms with Gasteiger partial charge in [-0.2, -0.15) is 0 Å². The molecule has 0 N–H and O–H groups in total. The van der Waals surface area contributed by atoms with Crippen LogP contribution in [-0.2, 0) is 4.74 Å². The molecule has 2 amide bonds. The van der Waals surface area contributed by atoms with Crippen molar-refractivity contribution in [2.24, 2.45) is 0 Å². The Balaban J connectivity index is 1.30. The summed E-state index contributed by atoms with van der Waals surface area (Å²) in [4.78, 5) is 31.3. The van der Waals surface area contributed by atoms with Gasteiger partial charge in [0.05, 0.1) is 36.1 Å². The molecule has 6 nitrogen and oxygen atoms in total. The summed E-state index contributed by atoms with van der Waals surface area (Å²) < 4.78 is 5.29. The molecule has 0 bridgehead atoms. The smallest absolute Gasteiger partial charge is 0.266 e. The Labute approximate surface area is 157 Å². The number of anilines is 2. The van der Waals surface area contributed by atoms with E-state index in [9.17, 15) is 9.59 Å². The number of fused-ring (bicyclic) bond motifs is 1. The summed E-state index contributed by atoms with van der Waals surface area (Å²) in [5.41, 5.74) is 2.69. The minimum atomic E-state index is -0.250. The SMILES string of the molecule is O=C1c2ccccc2C(=O)N1c1ccc(N2CCN(C3COC3)CC2)cc1. The molecule has 0 aliphatic carbocycles. The first-order chi connectivity index (χ1) is 13.2. The van der Waals surface area contributed by atoms with Crippen LogP contribution in [-0.4, -0.2) is 62.1 Å². The highest BCUT2D eigenvalue weighted by Gasteiger charge is 2.36. The fourth-order valence-electron chi connectivity index (χ4n) is 4.02. The molecule has 0 spiro atoms. The molecule has 3 aliphatic rings. The Bertz CT molecular complexity index is 849. The minimum absolute atomic E-state index is 0.250. The monoisotopic (exact) mass is 363 g/mol. The highest BCUT2D eigenvalue weighted by molar-refractivity contribution is 6.34. The van der Waals surface area contributed by atoms with Gasteiger partial charge in [-0.3, -0.25) is 14.5 Å². The van der Waals surface area contributed by atoms with Gasteiger partial charge in [0.15, 0.2) is 0 Å². The maximum absolute atomic E-state index is 12.6. The van der Waals surface area contributed by atoms with E-state index in [1.54, 1.807) is 24.3 Å². The summed E-state index contributed by atoms with van der Waals surface area (Å²) in [7, 11) is 0. The average molecular weight is 363 g/mol. The second kappa shape index (κ2) is 6.48. The van der Waals surface area contributed by atoms with E-state index in [0.717, 1.165) is 45.1 Å². The van der Waals surface area contributed by atoms with Crippen LogP contribution < -0.4 is 9.80 Å². The van der Waals surface area contributed by atoms with Crippen LogP contribution in [0.4, 0.5) is 11.4 Å². The number of carbonyl (C=O) groups excluding carboxylic acids is 2. The average Bonchev–Trinajstić information content (AvgIpc) is 2.92. The predicted molar refractivity (Wildman–Crippen MR) is 102 cm³/mol. The zero-order valence-electron chi connectivity index (χ0n) is 15.0. The van der Waals surface area contributed by atoms with Gasteiger partial charge in [-0.15, -0.1) is 0 Å². The summed E-state index contributed by atoms with van der Waals surface area (Å²) in [5, 5.41) is 0. The number of imide groups is 1. The molecule has 2 aromatic rings. The molecule has 138 valence electrons. The Morgan fingerprint density at radius 1 is 0.741 bits per heavy atom. The normalized spacial score (nSPS) is 20.7. The van der Waals surface area contributed by atoms with Gasteiger partial charge in [0.2, 0.25) is 0 Å². The van der Waals surface area contributed by atoms with Crippen LogP contribution in [0.3, 0.4) is 0 Å². The van der Waals surface area contributed by atoms with Gasteiger partial charge in [0.25, 0.3) is 11.8 Å². The predicted octanol–water partition coefficient (Wildman–Crippen LogP) is 2.01. The molecule has 0 atom stereocenters. The highest BCUT2D eigenvalue weighted by atomic mass is 16.5. The number of hydrogen-bond donors (Lipinski definition) is 0. The first-order valence-corrected chi connectivity index (χ1v) is 9.37. The van der Waals surface area contributed by atoms with E-state index in [1.807, 2.05) is 24.3 Å². The molecule has 5 rings (SSSR count). The summed E-state index contributed by atoms with van der Waals surface area (Å²) in [6, 6.07) is 15.3. The maximum atomic E-state index is 12.6. The molecule has 2 saturated heterocycles. The fraction of sp³-hybridized carbons (Fsp3) is 0.333. The van der Waals surface area contributed by atoms with Gasteiger partial charge in [0.1, 0.15) is 0 Å². The lowest BCUT2D eigenvalue weighted by Crippen LogP contribution is -2.56. The third kappa shape index (κ3) is 2.72. The van der Waals surface area contributed by atoms with Gasteiger partial charge in [-0.05, 0) is 36.4 Å². The van der Waals surface area contributed by atoms with Crippen LogP contribution in [0, 0.1) is 0 Å². The van der Waals surface area contributed by atoms with Crippen molar-refractivity contribution in [1.82, 2.24) is 4.90 Å². The number of benzene rings is 2. The van der Waals surface area contributed by atoms with Crippen molar-refractivity contribution in [3.05, 3.63) is 59.7 Å². The van der Waals surface area contributed by atoms with Crippen LogP contribution >= 0.6 is 0 Å². The van der Waals surface area contributed by atoms with Crippen LogP contribution in [0.1, 0.15) is 20.7 Å². The number of rotatable bonds is 3. The molecule has 0 radical (unpaired) electrons. The number of nitrogens with zero attached hydrogens (tertiary/aromatic N) is 3. The third-order valence-corrected chi connectivity index (χ3v) is 5.72. The van der Waals surface area contributed by atoms with Crippen molar-refractivity contribution in [2.75, 3.05) is 49.2 Å². The Morgan fingerprint density at radius 3 is 1.81 bits per heavy atom. The summed E-state index contributed by atoms with van der Waals surface area (Å²) in [5.74, 6) is -0.501. The van der Waals surface area contributed by atoms with Gasteiger partial charge < -0.3 is 9.64 Å². The summed E-state index contributed by atoms with van der Waals surface area (Å²) in [6.45, 7) is 5.73. The molecule has 0 saturated carbocycles. The number of ether oxygens (including phenoxy) is 1. The van der Waals surface area contributed by atoms with E-state index >= 15 is 0 Å². The molecule has 2 fully saturated rings. The second-order valence-electron chi connectivity index (χ2n) is 7.22. The molecule has 6 heteroatoms. The zero-order valence-corrected chi connectivity index (χ0v) is 15.0. The van der Waals surface area contributed by atoms with Crippen LogP contribution in [0.2, 0.25) is 0 Å². The van der Waals surface area contributed by atoms with E-state index < -0.39 is 0 Å². The van der Waals surface area contributed by atoms with Crippen molar-refractivity contribution < 1.29 is 14.3 Å². The number of hydrogen-bond acceptors (Lipinski definition) is 5. The van der Waals surface area contributed by atoms with Crippen molar-refractivity contribution >= 4 is 23.2 Å². The first kappa shape index (κ1) is 16.5. The lowest BCUT2D eigenvalue weighted by atomic mass is 10.1. The molecule has 0 unspecified atom stereocenters. The molecule has 3 heterocycles. The number of piperazine rings is 1. The van der Waals surface area contributed by atoms with E-state index in [4.69, 9.17) is 4.74 Å². The lowest BCUT2D eigenvalue weighted by Gasteiger charge is -2.43. The Hall–Kier alpha value is -2.70. The van der Waals surface area contributed by atoms with Gasteiger partial charge >= 0.3 is 0 Å². The molecule has 27 heavy (non-hydrogen) atoms. The lowest BCUT2D eigenvalue weighted by molar-refractivity contribution is -0.0660. The summed E-state index contributed by atoms with van der Waals surface area (Å²) in [6.07, 6.45) is 0. The molecular formula is C21H21N3O3. The topological polar surface area (TPSA) is 53.1 Å². The second-order valence-corrected chi connectivity index (χ2v) is 7.22. The summed E-state index contributed by atoms with van der Waals surface area (Å²) >= 11 is 0. The highest BCUT2D eigenvalue weighted by Crippen LogP contribution is 2.30.